The third-order valence-electron chi connectivity index (χ3n) is 3.87. The van der Waals surface area contributed by atoms with Crippen molar-refractivity contribution in [2.75, 3.05) is 0 Å². The number of halogens is 2. The molecule has 0 saturated carbocycles. The average Bonchev–Trinajstić information content (AvgIpc) is 3.01. The van der Waals surface area contributed by atoms with Gasteiger partial charge in [0.2, 0.25) is 0 Å². The fourth-order valence-electron chi connectivity index (χ4n) is 2.52. The predicted octanol–water partition coefficient (Wildman–Crippen LogP) is 4.16. The van der Waals surface area contributed by atoms with Crippen molar-refractivity contribution in [3.05, 3.63) is 64.0 Å². The number of nitrogens with one attached hydrogen (secondary N) is 2. The normalized spacial score (nSPS) is 13.4. The number of carbonyl (C=O) groups excluding carboxylic acids is 1. The summed E-state index contributed by atoms with van der Waals surface area (Å²) in [6, 6.07) is 10.1. The van der Waals surface area contributed by atoms with Gasteiger partial charge in [0.1, 0.15) is 0 Å². The maximum Gasteiger partial charge on any atom is 0.315 e. The maximum atomic E-state index is 12.3. The molecule has 1 aromatic carbocycles. The summed E-state index contributed by atoms with van der Waals surface area (Å²) in [4.78, 5) is 12.3. The highest BCUT2D eigenvalue weighted by Gasteiger charge is 2.17. The summed E-state index contributed by atoms with van der Waals surface area (Å²) in [6.45, 7) is 3.73. The van der Waals surface area contributed by atoms with E-state index in [-0.39, 0.29) is 18.1 Å². The highest BCUT2D eigenvalue weighted by molar-refractivity contribution is 6.42. The second-order valence-corrected chi connectivity index (χ2v) is 6.54. The number of carbonyl (C=O) groups is 1. The minimum Gasteiger partial charge on any atom is -0.332 e. The molecule has 0 aliphatic heterocycles. The Bertz CT molecular complexity index is 911. The van der Waals surface area contributed by atoms with Crippen LogP contribution >= 0.6 is 23.2 Å². The van der Waals surface area contributed by atoms with Gasteiger partial charge in [-0.2, -0.15) is 0 Å². The quantitative estimate of drug-likeness (QED) is 0.716. The lowest BCUT2D eigenvalue weighted by atomic mass is 10.1. The first-order chi connectivity index (χ1) is 12.0. The first-order valence-electron chi connectivity index (χ1n) is 7.77. The SMILES string of the molecule is CC(NC(=O)NC(C)c1nnc2ccccn12)c1ccc(Cl)c(Cl)c1. The van der Waals surface area contributed by atoms with Crippen LogP contribution in [0.5, 0.6) is 0 Å². The van der Waals surface area contributed by atoms with Gasteiger partial charge in [-0.05, 0) is 43.7 Å². The number of amides is 2. The van der Waals surface area contributed by atoms with Crippen molar-refractivity contribution in [2.45, 2.75) is 25.9 Å². The molecule has 2 N–H and O–H groups in total. The summed E-state index contributed by atoms with van der Waals surface area (Å²) in [5.41, 5.74) is 1.60. The lowest BCUT2D eigenvalue weighted by Gasteiger charge is -2.18. The van der Waals surface area contributed by atoms with E-state index >= 15 is 0 Å². The molecule has 6 nitrogen and oxygen atoms in total. The maximum absolute atomic E-state index is 12.3. The first-order valence-corrected chi connectivity index (χ1v) is 8.53. The van der Waals surface area contributed by atoms with Crippen LogP contribution in [0.15, 0.2) is 42.6 Å². The second-order valence-electron chi connectivity index (χ2n) is 5.72. The molecule has 2 aromatic heterocycles. The molecule has 2 atom stereocenters. The highest BCUT2D eigenvalue weighted by atomic mass is 35.5. The summed E-state index contributed by atoms with van der Waals surface area (Å²) >= 11 is 11.9. The van der Waals surface area contributed by atoms with Crippen LogP contribution < -0.4 is 10.6 Å². The van der Waals surface area contributed by atoms with E-state index in [1.165, 1.54) is 0 Å². The van der Waals surface area contributed by atoms with Gasteiger partial charge in [-0.25, -0.2) is 4.79 Å². The van der Waals surface area contributed by atoms with Crippen LogP contribution in [0.25, 0.3) is 5.65 Å². The first kappa shape index (κ1) is 17.5. The fraction of sp³-hybridized carbons (Fsp3) is 0.235. The predicted molar refractivity (Wildman–Crippen MR) is 97.9 cm³/mol. The highest BCUT2D eigenvalue weighted by Crippen LogP contribution is 2.25. The largest absolute Gasteiger partial charge is 0.332 e. The molecule has 3 aromatic rings. The van der Waals surface area contributed by atoms with Crippen LogP contribution in [-0.2, 0) is 0 Å². The van der Waals surface area contributed by atoms with E-state index in [2.05, 4.69) is 20.8 Å². The van der Waals surface area contributed by atoms with Gasteiger partial charge in [0.25, 0.3) is 0 Å². The van der Waals surface area contributed by atoms with Gasteiger partial charge in [-0.15, -0.1) is 10.2 Å². The topological polar surface area (TPSA) is 71.3 Å². The number of pyridine rings is 1. The Labute approximate surface area is 155 Å². The standard InChI is InChI=1S/C17H17Cl2N5O/c1-10(12-6-7-13(18)14(19)9-12)20-17(25)21-11(2)16-23-22-15-5-3-4-8-24(15)16/h3-11H,1-2H3,(H2,20,21,25). The van der Waals surface area contributed by atoms with E-state index in [1.54, 1.807) is 12.1 Å². The molecule has 2 heterocycles. The van der Waals surface area contributed by atoms with Crippen molar-refractivity contribution in [2.24, 2.45) is 0 Å². The van der Waals surface area contributed by atoms with Crippen LogP contribution in [-0.4, -0.2) is 20.6 Å². The van der Waals surface area contributed by atoms with Gasteiger partial charge in [0, 0.05) is 6.20 Å². The summed E-state index contributed by atoms with van der Waals surface area (Å²) in [5, 5.41) is 14.9. The van der Waals surface area contributed by atoms with Gasteiger partial charge in [0.15, 0.2) is 11.5 Å². The summed E-state index contributed by atoms with van der Waals surface area (Å²) < 4.78 is 1.84. The molecule has 0 aliphatic carbocycles. The van der Waals surface area contributed by atoms with E-state index in [0.29, 0.717) is 15.9 Å². The summed E-state index contributed by atoms with van der Waals surface area (Å²) in [7, 11) is 0. The molecule has 0 saturated heterocycles. The van der Waals surface area contributed by atoms with Gasteiger partial charge < -0.3 is 10.6 Å². The Morgan fingerprint density at radius 3 is 2.56 bits per heavy atom. The van der Waals surface area contributed by atoms with Crippen LogP contribution in [0.4, 0.5) is 4.79 Å². The van der Waals surface area contributed by atoms with E-state index in [9.17, 15) is 4.79 Å². The molecular formula is C17H17Cl2N5O. The summed E-state index contributed by atoms with van der Waals surface area (Å²) in [5.74, 6) is 0.660. The number of nitrogens with zero attached hydrogens (tertiary/aromatic N) is 3. The number of benzene rings is 1. The molecule has 25 heavy (non-hydrogen) atoms. The third kappa shape index (κ3) is 3.86. The van der Waals surface area contributed by atoms with E-state index in [4.69, 9.17) is 23.2 Å². The van der Waals surface area contributed by atoms with Crippen molar-refractivity contribution in [1.82, 2.24) is 25.2 Å². The molecule has 8 heteroatoms. The number of rotatable bonds is 4. The molecule has 0 aliphatic rings. The van der Waals surface area contributed by atoms with Gasteiger partial charge in [-0.3, -0.25) is 4.40 Å². The third-order valence-corrected chi connectivity index (χ3v) is 4.61. The Morgan fingerprint density at radius 1 is 1.04 bits per heavy atom. The zero-order chi connectivity index (χ0) is 18.0. The molecule has 2 unspecified atom stereocenters. The Hall–Kier alpha value is -2.31. The van der Waals surface area contributed by atoms with Gasteiger partial charge in [0.05, 0.1) is 22.1 Å². The van der Waals surface area contributed by atoms with E-state index < -0.39 is 0 Å². The molecule has 130 valence electrons. The van der Waals surface area contributed by atoms with Crippen LogP contribution in [0, 0.1) is 0 Å². The number of aromatic nitrogens is 3. The smallest absolute Gasteiger partial charge is 0.315 e. The van der Waals surface area contributed by atoms with Crippen molar-refractivity contribution in [3.8, 4) is 0 Å². The Kier molecular flexibility index (Phi) is 5.11. The van der Waals surface area contributed by atoms with E-state index in [0.717, 1.165) is 11.2 Å². The van der Waals surface area contributed by atoms with Crippen molar-refractivity contribution in [3.63, 3.8) is 0 Å². The van der Waals surface area contributed by atoms with Gasteiger partial charge in [-0.1, -0.05) is 35.3 Å². The minimum atomic E-state index is -0.307. The average molecular weight is 378 g/mol. The zero-order valence-electron chi connectivity index (χ0n) is 13.7. The molecule has 3 rings (SSSR count). The van der Waals surface area contributed by atoms with Crippen LogP contribution in [0.1, 0.15) is 37.3 Å². The second kappa shape index (κ2) is 7.29. The number of hydrogen-bond acceptors (Lipinski definition) is 3. The molecule has 0 bridgehead atoms. The number of urea groups is 1. The van der Waals surface area contributed by atoms with Crippen molar-refractivity contribution < 1.29 is 4.79 Å². The van der Waals surface area contributed by atoms with Crippen LogP contribution in [0.3, 0.4) is 0 Å². The number of hydrogen-bond donors (Lipinski definition) is 2. The number of fused-ring (bicyclic) bond motifs is 1. The molecule has 0 fully saturated rings. The fourth-order valence-corrected chi connectivity index (χ4v) is 2.83. The van der Waals surface area contributed by atoms with Gasteiger partial charge >= 0.3 is 6.03 Å². The Balaban J connectivity index is 1.66. The van der Waals surface area contributed by atoms with E-state index in [1.807, 2.05) is 48.7 Å². The zero-order valence-corrected chi connectivity index (χ0v) is 15.2. The molecular weight excluding hydrogens is 361 g/mol. The van der Waals surface area contributed by atoms with Crippen LogP contribution in [0.2, 0.25) is 10.0 Å². The molecule has 0 spiro atoms. The van der Waals surface area contributed by atoms with Crippen molar-refractivity contribution >= 4 is 34.9 Å². The Morgan fingerprint density at radius 2 is 1.80 bits per heavy atom. The van der Waals surface area contributed by atoms with Crippen molar-refractivity contribution in [1.29, 1.82) is 0 Å². The molecule has 2 amide bonds. The summed E-state index contributed by atoms with van der Waals surface area (Å²) in [6.07, 6.45) is 1.86. The monoisotopic (exact) mass is 377 g/mol. The lowest BCUT2D eigenvalue weighted by Crippen LogP contribution is -2.38. The minimum absolute atomic E-state index is 0.225. The lowest BCUT2D eigenvalue weighted by molar-refractivity contribution is 0.234. The molecule has 0 radical (unpaired) electrons.